The van der Waals surface area contributed by atoms with Crippen molar-refractivity contribution >= 4 is 16.9 Å². The third-order valence-electron chi connectivity index (χ3n) is 4.39. The van der Waals surface area contributed by atoms with Crippen molar-refractivity contribution in [2.45, 2.75) is 57.5 Å². The number of primary amides is 1. The SMILES string of the molecule is CC(C)c1ccc(F)c(C(C)C)c1CC(N)=O.CN(C)Cc1ccc(S(N)=O)nc1. The van der Waals surface area contributed by atoms with Gasteiger partial charge in [0.1, 0.15) is 21.8 Å². The molecule has 166 valence electrons. The standard InChI is InChI=1S/C14H20FNO.C8H13N3OS/c1-8(2)10-5-6-12(15)14(9(3)4)11(10)7-13(16)17;1-11(2)6-7-3-4-8(10-5-7)13(9)12/h5-6,8-9H,7H2,1-4H3,(H2,16,17);3-5H,6,9H2,1-2H3. The fraction of sp³-hybridized carbons (Fsp3) is 0.455. The van der Waals surface area contributed by atoms with Gasteiger partial charge in [0, 0.05) is 12.7 Å². The number of nitrogens with zero attached hydrogens (tertiary/aromatic N) is 2. The van der Waals surface area contributed by atoms with Crippen LogP contribution in [0.2, 0.25) is 0 Å². The summed E-state index contributed by atoms with van der Waals surface area (Å²) in [4.78, 5) is 17.1. The number of carbonyl (C=O) groups is 1. The normalized spacial score (nSPS) is 12.1. The zero-order valence-corrected chi connectivity index (χ0v) is 19.4. The first-order valence-corrected chi connectivity index (χ1v) is 11.0. The molecule has 0 aliphatic carbocycles. The predicted molar refractivity (Wildman–Crippen MR) is 120 cm³/mol. The van der Waals surface area contributed by atoms with Gasteiger partial charge in [-0.15, -0.1) is 0 Å². The molecular formula is C22H33FN4O2S. The third-order valence-corrected chi connectivity index (χ3v) is 5.05. The van der Waals surface area contributed by atoms with Crippen LogP contribution in [0.1, 0.15) is 61.8 Å². The maximum Gasteiger partial charge on any atom is 0.221 e. The molecule has 0 fully saturated rings. The molecule has 0 radical (unpaired) electrons. The van der Waals surface area contributed by atoms with Gasteiger partial charge >= 0.3 is 0 Å². The average Bonchev–Trinajstić information content (AvgIpc) is 2.61. The lowest BCUT2D eigenvalue weighted by Gasteiger charge is -2.19. The Labute approximate surface area is 181 Å². The number of halogens is 1. The number of benzene rings is 1. The largest absolute Gasteiger partial charge is 0.369 e. The van der Waals surface area contributed by atoms with Crippen molar-refractivity contribution in [1.82, 2.24) is 9.88 Å². The zero-order valence-electron chi connectivity index (χ0n) is 18.6. The first-order chi connectivity index (χ1) is 13.9. The van der Waals surface area contributed by atoms with Gasteiger partial charge in [-0.05, 0) is 60.3 Å². The molecule has 0 bridgehead atoms. The van der Waals surface area contributed by atoms with Crippen LogP contribution in [-0.4, -0.2) is 34.1 Å². The quantitative estimate of drug-likeness (QED) is 0.695. The maximum atomic E-state index is 13.8. The highest BCUT2D eigenvalue weighted by molar-refractivity contribution is 7.82. The minimum atomic E-state index is -1.47. The summed E-state index contributed by atoms with van der Waals surface area (Å²) in [5, 5.41) is 5.58. The molecule has 1 unspecified atom stereocenters. The molecule has 1 heterocycles. The Morgan fingerprint density at radius 1 is 1.13 bits per heavy atom. The summed E-state index contributed by atoms with van der Waals surface area (Å²) in [6.07, 6.45) is 1.80. The van der Waals surface area contributed by atoms with Crippen LogP contribution in [0.4, 0.5) is 4.39 Å². The highest BCUT2D eigenvalue weighted by atomic mass is 32.2. The third kappa shape index (κ3) is 7.93. The predicted octanol–water partition coefficient (Wildman–Crippen LogP) is 3.22. The van der Waals surface area contributed by atoms with Gasteiger partial charge in [-0.2, -0.15) is 0 Å². The van der Waals surface area contributed by atoms with Crippen molar-refractivity contribution < 1.29 is 13.4 Å². The van der Waals surface area contributed by atoms with E-state index in [1.807, 2.05) is 52.8 Å². The highest BCUT2D eigenvalue weighted by Crippen LogP contribution is 2.30. The Kier molecular flexibility index (Phi) is 10.2. The minimum Gasteiger partial charge on any atom is -0.369 e. The first-order valence-electron chi connectivity index (χ1n) is 9.79. The summed E-state index contributed by atoms with van der Waals surface area (Å²) >= 11 is 0. The van der Waals surface area contributed by atoms with Crippen molar-refractivity contribution in [1.29, 1.82) is 0 Å². The van der Waals surface area contributed by atoms with Crippen molar-refractivity contribution in [3.8, 4) is 0 Å². The summed E-state index contributed by atoms with van der Waals surface area (Å²) in [5.74, 6) is -0.370. The summed E-state index contributed by atoms with van der Waals surface area (Å²) < 4.78 is 24.6. The van der Waals surface area contributed by atoms with E-state index in [1.165, 1.54) is 6.07 Å². The average molecular weight is 437 g/mol. The van der Waals surface area contributed by atoms with Gasteiger partial charge in [-0.3, -0.25) is 4.79 Å². The van der Waals surface area contributed by atoms with E-state index in [4.69, 9.17) is 10.9 Å². The van der Waals surface area contributed by atoms with E-state index in [0.717, 1.165) is 23.2 Å². The Bertz CT molecular complexity index is 868. The molecule has 6 nitrogen and oxygen atoms in total. The molecule has 0 saturated carbocycles. The number of rotatable bonds is 7. The Morgan fingerprint density at radius 2 is 1.77 bits per heavy atom. The molecule has 0 aliphatic heterocycles. The highest BCUT2D eigenvalue weighted by Gasteiger charge is 2.19. The topological polar surface area (TPSA) is 102 Å². The first kappa shape index (κ1) is 25.9. The van der Waals surface area contributed by atoms with Crippen LogP contribution in [-0.2, 0) is 28.7 Å². The van der Waals surface area contributed by atoms with E-state index >= 15 is 0 Å². The van der Waals surface area contributed by atoms with Crippen molar-refractivity contribution in [2.75, 3.05) is 14.1 Å². The second-order valence-electron chi connectivity index (χ2n) is 8.02. The van der Waals surface area contributed by atoms with Gasteiger partial charge < -0.3 is 10.6 Å². The van der Waals surface area contributed by atoms with Crippen molar-refractivity contribution in [3.63, 3.8) is 0 Å². The molecule has 0 saturated heterocycles. The van der Waals surface area contributed by atoms with Crippen molar-refractivity contribution in [3.05, 3.63) is 58.5 Å². The molecule has 1 atom stereocenters. The van der Waals surface area contributed by atoms with Gasteiger partial charge in [0.15, 0.2) is 0 Å². The Morgan fingerprint density at radius 3 is 2.17 bits per heavy atom. The molecule has 30 heavy (non-hydrogen) atoms. The number of hydrogen-bond donors (Lipinski definition) is 2. The molecule has 1 aromatic carbocycles. The van der Waals surface area contributed by atoms with E-state index in [2.05, 4.69) is 4.98 Å². The van der Waals surface area contributed by atoms with E-state index in [-0.39, 0.29) is 24.1 Å². The number of aromatic nitrogens is 1. The van der Waals surface area contributed by atoms with Crippen LogP contribution < -0.4 is 10.9 Å². The zero-order chi connectivity index (χ0) is 23.0. The molecule has 1 amide bonds. The molecule has 0 spiro atoms. The number of pyridine rings is 1. The van der Waals surface area contributed by atoms with Gasteiger partial charge in [0.25, 0.3) is 0 Å². The Balaban J connectivity index is 0.000000311. The minimum absolute atomic E-state index is 0.0445. The molecule has 0 aliphatic rings. The van der Waals surface area contributed by atoms with Gasteiger partial charge in [-0.25, -0.2) is 18.7 Å². The summed E-state index contributed by atoms with van der Waals surface area (Å²) in [6.45, 7) is 8.73. The molecule has 1 aromatic heterocycles. The lowest BCUT2D eigenvalue weighted by molar-refractivity contribution is -0.117. The maximum absolute atomic E-state index is 13.8. The fourth-order valence-corrected chi connectivity index (χ4v) is 3.54. The second kappa shape index (κ2) is 11.9. The smallest absolute Gasteiger partial charge is 0.221 e. The number of nitrogens with two attached hydrogens (primary N) is 2. The van der Waals surface area contributed by atoms with E-state index in [0.29, 0.717) is 10.6 Å². The number of hydrogen-bond acceptors (Lipinski definition) is 4. The van der Waals surface area contributed by atoms with Crippen LogP contribution >= 0.6 is 0 Å². The van der Waals surface area contributed by atoms with Crippen LogP contribution in [0, 0.1) is 5.82 Å². The second-order valence-corrected chi connectivity index (χ2v) is 9.03. The molecule has 4 N–H and O–H groups in total. The molecular weight excluding hydrogens is 403 g/mol. The van der Waals surface area contributed by atoms with Crippen LogP contribution in [0.3, 0.4) is 0 Å². The van der Waals surface area contributed by atoms with Crippen molar-refractivity contribution in [2.24, 2.45) is 10.9 Å². The number of carbonyl (C=O) groups excluding carboxylic acids is 1. The van der Waals surface area contributed by atoms with Crippen LogP contribution in [0.25, 0.3) is 0 Å². The monoisotopic (exact) mass is 436 g/mol. The van der Waals surface area contributed by atoms with E-state index < -0.39 is 16.9 Å². The summed E-state index contributed by atoms with van der Waals surface area (Å²) in [7, 11) is 2.49. The van der Waals surface area contributed by atoms with Crippen LogP contribution in [0.15, 0.2) is 35.5 Å². The number of amides is 1. The summed E-state index contributed by atoms with van der Waals surface area (Å²) in [5.41, 5.74) is 8.73. The fourth-order valence-electron chi connectivity index (χ4n) is 3.18. The molecule has 2 aromatic rings. The summed E-state index contributed by atoms with van der Waals surface area (Å²) in [6, 6.07) is 6.81. The molecule has 2 rings (SSSR count). The van der Waals surface area contributed by atoms with Gasteiger partial charge in [0.05, 0.1) is 6.42 Å². The lowest BCUT2D eigenvalue weighted by atomic mass is 9.86. The van der Waals surface area contributed by atoms with Crippen LogP contribution in [0.5, 0.6) is 0 Å². The van der Waals surface area contributed by atoms with Gasteiger partial charge in [-0.1, -0.05) is 39.8 Å². The lowest BCUT2D eigenvalue weighted by Crippen LogP contribution is -2.18. The van der Waals surface area contributed by atoms with E-state index in [1.54, 1.807) is 18.3 Å². The molecule has 8 heteroatoms. The van der Waals surface area contributed by atoms with E-state index in [9.17, 15) is 13.4 Å². The Hall–Kier alpha value is -2.16. The van der Waals surface area contributed by atoms with Gasteiger partial charge in [0.2, 0.25) is 5.91 Å².